The van der Waals surface area contributed by atoms with Gasteiger partial charge in [-0.2, -0.15) is 0 Å². The van der Waals surface area contributed by atoms with Crippen molar-refractivity contribution in [3.05, 3.63) is 35.9 Å². The zero-order valence-electron chi connectivity index (χ0n) is 16.5. The second-order valence-electron chi connectivity index (χ2n) is 7.28. The van der Waals surface area contributed by atoms with Crippen molar-refractivity contribution in [1.82, 2.24) is 0 Å². The van der Waals surface area contributed by atoms with Crippen molar-refractivity contribution in [2.24, 2.45) is 0 Å². The molecule has 148 valence electrons. The summed E-state index contributed by atoms with van der Waals surface area (Å²) in [5.41, 5.74) is 0.880. The number of benzene rings is 2. The molecule has 0 fully saturated rings. The third-order valence-electron chi connectivity index (χ3n) is 5.11. The van der Waals surface area contributed by atoms with E-state index in [0.717, 1.165) is 24.0 Å². The van der Waals surface area contributed by atoms with Crippen LogP contribution in [0.3, 0.4) is 0 Å². The summed E-state index contributed by atoms with van der Waals surface area (Å²) in [6.45, 7) is 3.14. The monoisotopic (exact) mass is 371 g/mol. The third kappa shape index (κ3) is 6.46. The Hall–Kier alpha value is -2.23. The minimum absolute atomic E-state index is 0.0608. The predicted octanol–water partition coefficient (Wildman–Crippen LogP) is 6.58. The van der Waals surface area contributed by atoms with Crippen LogP contribution in [0, 0.1) is 0 Å². The van der Waals surface area contributed by atoms with E-state index in [1.807, 2.05) is 12.1 Å². The lowest BCUT2D eigenvalue weighted by Crippen LogP contribution is -2.03. The molecular weight excluding hydrogens is 338 g/mol. The number of unbranched alkanes of at least 4 members (excludes halogenated alkanes) is 9. The van der Waals surface area contributed by atoms with Crippen molar-refractivity contribution in [3.63, 3.8) is 0 Å². The van der Waals surface area contributed by atoms with E-state index in [-0.39, 0.29) is 11.3 Å². The molecule has 0 amide bonds. The van der Waals surface area contributed by atoms with Gasteiger partial charge in [0.15, 0.2) is 0 Å². The number of hydrogen-bond acceptors (Lipinski definition) is 3. The Morgan fingerprint density at radius 1 is 0.852 bits per heavy atom. The van der Waals surface area contributed by atoms with Crippen LogP contribution < -0.4 is 5.32 Å². The summed E-state index contributed by atoms with van der Waals surface area (Å²) in [5.74, 6) is -1.28. The largest absolute Gasteiger partial charge is 0.506 e. The number of rotatable bonds is 13. The molecule has 3 N–H and O–H groups in total. The van der Waals surface area contributed by atoms with Crippen LogP contribution in [0.25, 0.3) is 10.8 Å². The Morgan fingerprint density at radius 2 is 1.48 bits per heavy atom. The lowest BCUT2D eigenvalue weighted by Gasteiger charge is -2.12. The second kappa shape index (κ2) is 11.5. The lowest BCUT2D eigenvalue weighted by atomic mass is 10.0. The second-order valence-corrected chi connectivity index (χ2v) is 7.28. The number of hydrogen-bond donors (Lipinski definition) is 3. The Bertz CT molecular complexity index is 727. The van der Waals surface area contributed by atoms with Crippen LogP contribution >= 0.6 is 0 Å². The molecule has 4 heteroatoms. The van der Waals surface area contributed by atoms with Gasteiger partial charge in [-0.15, -0.1) is 0 Å². The molecule has 2 rings (SSSR count). The first-order valence-corrected chi connectivity index (χ1v) is 10.4. The maximum atomic E-state index is 11.2. The molecule has 27 heavy (non-hydrogen) atoms. The van der Waals surface area contributed by atoms with Gasteiger partial charge in [0.05, 0.1) is 0 Å². The number of aromatic hydroxyl groups is 1. The van der Waals surface area contributed by atoms with E-state index >= 15 is 0 Å². The van der Waals surface area contributed by atoms with Gasteiger partial charge in [0, 0.05) is 23.0 Å². The summed E-state index contributed by atoms with van der Waals surface area (Å²) in [6, 6.07) is 8.79. The number of aromatic carboxylic acids is 1. The van der Waals surface area contributed by atoms with E-state index in [1.54, 1.807) is 12.1 Å². The summed E-state index contributed by atoms with van der Waals surface area (Å²) < 4.78 is 0. The Labute approximate surface area is 162 Å². The Balaban J connectivity index is 1.73. The topological polar surface area (TPSA) is 69.6 Å². The lowest BCUT2D eigenvalue weighted by molar-refractivity contribution is 0.0694. The van der Waals surface area contributed by atoms with E-state index in [4.69, 9.17) is 5.11 Å². The van der Waals surface area contributed by atoms with Crippen LogP contribution in [-0.4, -0.2) is 22.7 Å². The highest BCUT2D eigenvalue weighted by molar-refractivity contribution is 6.04. The molecule has 0 aliphatic carbocycles. The maximum absolute atomic E-state index is 11.2. The number of anilines is 1. The summed E-state index contributed by atoms with van der Waals surface area (Å²) in [5, 5.41) is 24.2. The first-order valence-electron chi connectivity index (χ1n) is 10.4. The fourth-order valence-corrected chi connectivity index (χ4v) is 3.50. The molecule has 0 aliphatic rings. The fourth-order valence-electron chi connectivity index (χ4n) is 3.50. The molecular formula is C23H33NO3. The van der Waals surface area contributed by atoms with Crippen molar-refractivity contribution >= 4 is 22.4 Å². The first-order chi connectivity index (χ1) is 13.1. The molecule has 4 nitrogen and oxygen atoms in total. The van der Waals surface area contributed by atoms with Crippen LogP contribution in [0.2, 0.25) is 0 Å². The summed E-state index contributed by atoms with van der Waals surface area (Å²) in [4.78, 5) is 11.2. The van der Waals surface area contributed by atoms with Crippen LogP contribution in [0.1, 0.15) is 81.5 Å². The summed E-state index contributed by atoms with van der Waals surface area (Å²) >= 11 is 0. The number of fused-ring (bicyclic) bond motifs is 1. The molecule has 0 heterocycles. The van der Waals surface area contributed by atoms with Crippen molar-refractivity contribution in [1.29, 1.82) is 0 Å². The van der Waals surface area contributed by atoms with Gasteiger partial charge in [-0.05, 0) is 18.6 Å². The highest BCUT2D eigenvalue weighted by Crippen LogP contribution is 2.33. The van der Waals surface area contributed by atoms with Crippen LogP contribution in [0.5, 0.6) is 5.75 Å². The quantitative estimate of drug-likeness (QED) is 0.348. The van der Waals surface area contributed by atoms with E-state index in [1.165, 1.54) is 63.9 Å². The van der Waals surface area contributed by atoms with Gasteiger partial charge in [-0.3, -0.25) is 0 Å². The van der Waals surface area contributed by atoms with Crippen LogP contribution in [0.15, 0.2) is 30.3 Å². The normalized spacial score (nSPS) is 11.0. The van der Waals surface area contributed by atoms with E-state index in [2.05, 4.69) is 12.2 Å². The highest BCUT2D eigenvalue weighted by Gasteiger charge is 2.13. The van der Waals surface area contributed by atoms with Gasteiger partial charge < -0.3 is 15.5 Å². The number of carbonyl (C=O) groups is 1. The van der Waals surface area contributed by atoms with Crippen molar-refractivity contribution in [2.45, 2.75) is 71.1 Å². The molecule has 0 bridgehead atoms. The fraction of sp³-hybridized carbons (Fsp3) is 0.522. The highest BCUT2D eigenvalue weighted by atomic mass is 16.4. The zero-order chi connectivity index (χ0) is 19.5. The van der Waals surface area contributed by atoms with Crippen molar-refractivity contribution in [3.8, 4) is 5.75 Å². The van der Waals surface area contributed by atoms with Gasteiger partial charge in [0.1, 0.15) is 11.3 Å². The molecule has 0 saturated carbocycles. The molecule has 0 atom stereocenters. The minimum atomic E-state index is -1.11. The Morgan fingerprint density at radius 3 is 2.11 bits per heavy atom. The van der Waals surface area contributed by atoms with Gasteiger partial charge in [0.25, 0.3) is 0 Å². The molecule has 2 aromatic rings. The van der Waals surface area contributed by atoms with E-state index in [0.29, 0.717) is 5.39 Å². The van der Waals surface area contributed by atoms with Crippen LogP contribution in [0.4, 0.5) is 5.69 Å². The molecule has 0 unspecified atom stereocenters. The molecule has 0 spiro atoms. The zero-order valence-corrected chi connectivity index (χ0v) is 16.5. The molecule has 2 aromatic carbocycles. The smallest absolute Gasteiger partial charge is 0.339 e. The molecule has 0 aliphatic heterocycles. The minimum Gasteiger partial charge on any atom is -0.506 e. The van der Waals surface area contributed by atoms with Crippen molar-refractivity contribution < 1.29 is 15.0 Å². The van der Waals surface area contributed by atoms with Crippen molar-refractivity contribution in [2.75, 3.05) is 11.9 Å². The van der Waals surface area contributed by atoms with Gasteiger partial charge in [-0.1, -0.05) is 82.9 Å². The number of phenols is 1. The predicted molar refractivity (Wildman–Crippen MR) is 113 cm³/mol. The average molecular weight is 372 g/mol. The van der Waals surface area contributed by atoms with Gasteiger partial charge in [-0.25, -0.2) is 4.79 Å². The number of nitrogens with one attached hydrogen (secondary N) is 1. The average Bonchev–Trinajstić information content (AvgIpc) is 2.66. The third-order valence-corrected chi connectivity index (χ3v) is 5.11. The Kier molecular flexibility index (Phi) is 8.96. The van der Waals surface area contributed by atoms with Gasteiger partial charge in [0.2, 0.25) is 0 Å². The molecule has 0 aromatic heterocycles. The summed E-state index contributed by atoms with van der Waals surface area (Å²) in [6.07, 6.45) is 13.1. The molecule has 0 saturated heterocycles. The van der Waals surface area contributed by atoms with Crippen LogP contribution in [-0.2, 0) is 0 Å². The molecule has 0 radical (unpaired) electrons. The number of carboxylic acid groups (broad SMARTS) is 1. The van der Waals surface area contributed by atoms with Gasteiger partial charge >= 0.3 is 5.97 Å². The van der Waals surface area contributed by atoms with E-state index in [9.17, 15) is 9.90 Å². The standard InChI is InChI=1S/C23H33NO3/c1-2-3-4-5-6-7-8-9-10-11-17-24-21-14-12-13-19-18(21)15-16-20(22(19)25)23(26)27/h12-16,24-25H,2-11,17H2,1H3,(H,26,27). The summed E-state index contributed by atoms with van der Waals surface area (Å²) in [7, 11) is 0. The SMILES string of the molecule is CCCCCCCCCCCCNc1cccc2c(O)c(C(=O)O)ccc12. The van der Waals surface area contributed by atoms with E-state index < -0.39 is 5.97 Å². The first kappa shape index (κ1) is 21.1. The maximum Gasteiger partial charge on any atom is 0.339 e. The number of carboxylic acids is 1.